The number of esters is 1. The van der Waals surface area contributed by atoms with Crippen LogP contribution in [0.5, 0.6) is 0 Å². The number of carbonyl (C=O) groups excluding carboxylic acids is 1. The predicted octanol–water partition coefficient (Wildman–Crippen LogP) is 4.80. The van der Waals surface area contributed by atoms with Crippen LogP contribution < -0.4 is 0 Å². The third-order valence-electron chi connectivity index (χ3n) is 3.19. The van der Waals surface area contributed by atoms with Crippen LogP contribution in [0.4, 0.5) is 0 Å². The van der Waals surface area contributed by atoms with E-state index in [0.29, 0.717) is 15.9 Å². The fourth-order valence-electron chi connectivity index (χ4n) is 1.98. The molecule has 0 saturated heterocycles. The van der Waals surface area contributed by atoms with E-state index in [0.717, 1.165) is 11.1 Å². The Morgan fingerprint density at radius 2 is 1.92 bits per heavy atom. The molecule has 7 heteroatoms. The molecule has 0 amide bonds. The SMILES string of the molecule is O=C(/C=C/c1ccc(Cl)c(Cl)c1)OCc1nc(-c2ccccc2)no1. The summed E-state index contributed by atoms with van der Waals surface area (Å²) in [7, 11) is 0. The van der Waals surface area contributed by atoms with Crippen LogP contribution in [0.2, 0.25) is 10.0 Å². The predicted molar refractivity (Wildman–Crippen MR) is 95.0 cm³/mol. The molecular weight excluding hydrogens is 363 g/mol. The number of hydrogen-bond donors (Lipinski definition) is 0. The topological polar surface area (TPSA) is 65.2 Å². The van der Waals surface area contributed by atoms with Crippen LogP contribution in [0, 0.1) is 0 Å². The standard InChI is InChI=1S/C18H12Cl2N2O3/c19-14-8-6-12(10-15(14)20)7-9-17(23)24-11-16-21-18(22-25-16)13-4-2-1-3-5-13/h1-10H,11H2/b9-7+. The summed E-state index contributed by atoms with van der Waals surface area (Å²) in [5.74, 6) is 0.124. The number of hydrogen-bond acceptors (Lipinski definition) is 5. The number of ether oxygens (including phenoxy) is 1. The Morgan fingerprint density at radius 1 is 1.12 bits per heavy atom. The maximum atomic E-state index is 11.8. The van der Waals surface area contributed by atoms with Gasteiger partial charge in [0.25, 0.3) is 5.89 Å². The fraction of sp³-hybridized carbons (Fsp3) is 0.0556. The van der Waals surface area contributed by atoms with Crippen LogP contribution in [0.1, 0.15) is 11.5 Å². The van der Waals surface area contributed by atoms with Crippen molar-refractivity contribution in [1.82, 2.24) is 10.1 Å². The highest BCUT2D eigenvalue weighted by molar-refractivity contribution is 6.42. The summed E-state index contributed by atoms with van der Waals surface area (Å²) in [4.78, 5) is 15.9. The Kier molecular flexibility index (Phi) is 5.48. The van der Waals surface area contributed by atoms with Gasteiger partial charge >= 0.3 is 5.97 Å². The first kappa shape index (κ1) is 17.2. The normalized spacial score (nSPS) is 11.0. The van der Waals surface area contributed by atoms with Crippen LogP contribution in [0.15, 0.2) is 59.1 Å². The maximum Gasteiger partial charge on any atom is 0.331 e. The van der Waals surface area contributed by atoms with Gasteiger partial charge in [-0.25, -0.2) is 4.79 Å². The average molecular weight is 375 g/mol. The summed E-state index contributed by atoms with van der Waals surface area (Å²) in [5.41, 5.74) is 1.55. The average Bonchev–Trinajstić information content (AvgIpc) is 3.11. The largest absolute Gasteiger partial charge is 0.452 e. The summed E-state index contributed by atoms with van der Waals surface area (Å²) in [6.45, 7) is -0.107. The fourth-order valence-corrected chi connectivity index (χ4v) is 2.29. The van der Waals surface area contributed by atoms with Crippen molar-refractivity contribution >= 4 is 35.2 Å². The number of nitrogens with zero attached hydrogens (tertiary/aromatic N) is 2. The van der Waals surface area contributed by atoms with E-state index in [-0.39, 0.29) is 12.5 Å². The zero-order chi connectivity index (χ0) is 17.6. The lowest BCUT2D eigenvalue weighted by Gasteiger charge is -1.98. The van der Waals surface area contributed by atoms with E-state index in [4.69, 9.17) is 32.5 Å². The lowest BCUT2D eigenvalue weighted by molar-refractivity contribution is -0.139. The number of carbonyl (C=O) groups is 1. The van der Waals surface area contributed by atoms with Crippen molar-refractivity contribution in [3.8, 4) is 11.4 Å². The number of benzene rings is 2. The van der Waals surface area contributed by atoms with Crippen LogP contribution in [-0.2, 0) is 16.1 Å². The van der Waals surface area contributed by atoms with Gasteiger partial charge in [-0.05, 0) is 23.8 Å². The monoisotopic (exact) mass is 374 g/mol. The Bertz CT molecular complexity index is 908. The van der Waals surface area contributed by atoms with Gasteiger partial charge in [-0.1, -0.05) is 64.8 Å². The van der Waals surface area contributed by atoms with Crippen molar-refractivity contribution in [2.75, 3.05) is 0 Å². The van der Waals surface area contributed by atoms with Gasteiger partial charge in [-0.15, -0.1) is 0 Å². The Balaban J connectivity index is 1.56. The van der Waals surface area contributed by atoms with Crippen LogP contribution >= 0.6 is 23.2 Å². The Morgan fingerprint density at radius 3 is 2.68 bits per heavy atom. The Labute approximate surface area is 153 Å². The molecule has 5 nitrogen and oxygen atoms in total. The van der Waals surface area contributed by atoms with Crippen molar-refractivity contribution < 1.29 is 14.1 Å². The van der Waals surface area contributed by atoms with Gasteiger partial charge in [-0.2, -0.15) is 4.98 Å². The van der Waals surface area contributed by atoms with Gasteiger partial charge in [0, 0.05) is 11.6 Å². The molecule has 0 saturated carbocycles. The van der Waals surface area contributed by atoms with Gasteiger partial charge in [0.1, 0.15) is 0 Å². The molecule has 0 fully saturated rings. The number of halogens is 2. The highest BCUT2D eigenvalue weighted by Gasteiger charge is 2.09. The third-order valence-corrected chi connectivity index (χ3v) is 3.93. The lowest BCUT2D eigenvalue weighted by Crippen LogP contribution is -2.00. The lowest BCUT2D eigenvalue weighted by atomic mass is 10.2. The highest BCUT2D eigenvalue weighted by atomic mass is 35.5. The number of aromatic nitrogens is 2. The second-order valence-corrected chi connectivity index (χ2v) is 5.81. The first-order valence-corrected chi connectivity index (χ1v) is 8.05. The summed E-state index contributed by atoms with van der Waals surface area (Å²) < 4.78 is 10.1. The molecule has 0 atom stereocenters. The van der Waals surface area contributed by atoms with Gasteiger partial charge in [-0.3, -0.25) is 0 Å². The molecule has 0 bridgehead atoms. The van der Waals surface area contributed by atoms with E-state index in [2.05, 4.69) is 10.1 Å². The molecule has 0 aliphatic heterocycles. The van der Waals surface area contributed by atoms with E-state index in [9.17, 15) is 4.79 Å². The van der Waals surface area contributed by atoms with E-state index in [1.54, 1.807) is 24.3 Å². The molecule has 0 spiro atoms. The second kappa shape index (κ2) is 7.96. The van der Waals surface area contributed by atoms with Gasteiger partial charge in [0.15, 0.2) is 6.61 Å². The molecule has 0 aliphatic rings. The minimum absolute atomic E-state index is 0.107. The van der Waals surface area contributed by atoms with Crippen LogP contribution in [-0.4, -0.2) is 16.1 Å². The molecule has 1 heterocycles. The maximum absolute atomic E-state index is 11.8. The molecule has 25 heavy (non-hydrogen) atoms. The van der Waals surface area contributed by atoms with Crippen molar-refractivity contribution in [1.29, 1.82) is 0 Å². The van der Waals surface area contributed by atoms with E-state index >= 15 is 0 Å². The first-order valence-electron chi connectivity index (χ1n) is 7.30. The molecule has 1 aromatic heterocycles. The minimum Gasteiger partial charge on any atom is -0.452 e. The zero-order valence-electron chi connectivity index (χ0n) is 12.9. The number of rotatable bonds is 5. The quantitative estimate of drug-likeness (QED) is 0.473. The second-order valence-electron chi connectivity index (χ2n) is 4.99. The van der Waals surface area contributed by atoms with E-state index in [1.165, 1.54) is 6.08 Å². The highest BCUT2D eigenvalue weighted by Crippen LogP contribution is 2.23. The molecule has 0 unspecified atom stereocenters. The third kappa shape index (κ3) is 4.68. The summed E-state index contributed by atoms with van der Waals surface area (Å²) >= 11 is 11.7. The molecule has 2 aromatic carbocycles. The Hall–Kier alpha value is -2.63. The van der Waals surface area contributed by atoms with Crippen molar-refractivity contribution in [3.05, 3.63) is 76.1 Å². The molecular formula is C18H12Cl2N2O3. The summed E-state index contributed by atoms with van der Waals surface area (Å²) in [5, 5.41) is 4.72. The first-order chi connectivity index (χ1) is 12.1. The van der Waals surface area contributed by atoms with Crippen molar-refractivity contribution in [2.24, 2.45) is 0 Å². The van der Waals surface area contributed by atoms with Crippen molar-refractivity contribution in [2.45, 2.75) is 6.61 Å². The van der Waals surface area contributed by atoms with Gasteiger partial charge < -0.3 is 9.26 Å². The summed E-state index contributed by atoms with van der Waals surface area (Å²) in [6.07, 6.45) is 2.86. The molecule has 0 N–H and O–H groups in total. The zero-order valence-corrected chi connectivity index (χ0v) is 14.4. The van der Waals surface area contributed by atoms with Crippen LogP contribution in [0.3, 0.4) is 0 Å². The van der Waals surface area contributed by atoms with Gasteiger partial charge in [0.05, 0.1) is 10.0 Å². The molecule has 3 rings (SSSR count). The minimum atomic E-state index is -0.537. The molecule has 0 radical (unpaired) electrons. The molecule has 0 aliphatic carbocycles. The molecule has 126 valence electrons. The van der Waals surface area contributed by atoms with E-state index < -0.39 is 5.97 Å². The van der Waals surface area contributed by atoms with Gasteiger partial charge in [0.2, 0.25) is 5.82 Å². The van der Waals surface area contributed by atoms with Crippen molar-refractivity contribution in [3.63, 3.8) is 0 Å². The summed E-state index contributed by atoms with van der Waals surface area (Å²) in [6, 6.07) is 14.4. The van der Waals surface area contributed by atoms with Crippen LogP contribution in [0.25, 0.3) is 17.5 Å². The smallest absolute Gasteiger partial charge is 0.331 e. The molecule has 3 aromatic rings. The van der Waals surface area contributed by atoms with E-state index in [1.807, 2.05) is 30.3 Å².